The van der Waals surface area contributed by atoms with Crippen LogP contribution in [0.1, 0.15) is 28.8 Å². The van der Waals surface area contributed by atoms with Crippen LogP contribution in [0.5, 0.6) is 0 Å². The Kier molecular flexibility index (Phi) is 4.76. The first-order valence-electron chi connectivity index (χ1n) is 8.06. The van der Waals surface area contributed by atoms with Gasteiger partial charge in [-0.1, -0.05) is 12.1 Å². The highest BCUT2D eigenvalue weighted by molar-refractivity contribution is 5.98. The highest BCUT2D eigenvalue weighted by atomic mass is 16.1. The number of benzene rings is 1. The summed E-state index contributed by atoms with van der Waals surface area (Å²) in [7, 11) is 0. The van der Waals surface area contributed by atoms with E-state index in [1.54, 1.807) is 6.20 Å². The van der Waals surface area contributed by atoms with Crippen LogP contribution in [-0.2, 0) is 6.42 Å². The average molecular weight is 310 g/mol. The average Bonchev–Trinajstić information content (AvgIpc) is 3.11. The van der Waals surface area contributed by atoms with Gasteiger partial charge in [0.15, 0.2) is 0 Å². The van der Waals surface area contributed by atoms with Crippen LogP contribution in [0, 0.1) is 0 Å². The van der Waals surface area contributed by atoms with E-state index in [4.69, 9.17) is 5.73 Å². The Morgan fingerprint density at radius 3 is 2.65 bits per heavy atom. The summed E-state index contributed by atoms with van der Waals surface area (Å²) < 4.78 is 0. The number of hydrogen-bond acceptors (Lipinski definition) is 4. The van der Waals surface area contributed by atoms with Crippen molar-refractivity contribution < 1.29 is 4.79 Å². The molecule has 5 heteroatoms. The normalized spacial score (nSPS) is 14.0. The summed E-state index contributed by atoms with van der Waals surface area (Å²) in [4.78, 5) is 19.1. The molecule has 2 heterocycles. The summed E-state index contributed by atoms with van der Waals surface area (Å²) >= 11 is 0. The van der Waals surface area contributed by atoms with Gasteiger partial charge in [-0.05, 0) is 49.1 Å². The molecule has 1 saturated heterocycles. The van der Waals surface area contributed by atoms with Crippen molar-refractivity contribution in [2.24, 2.45) is 0 Å². The lowest BCUT2D eigenvalue weighted by molar-refractivity contribution is 0.0954. The Hall–Kier alpha value is -2.56. The van der Waals surface area contributed by atoms with Crippen LogP contribution >= 0.6 is 0 Å². The van der Waals surface area contributed by atoms with E-state index in [-0.39, 0.29) is 5.91 Å². The molecule has 3 N–H and O–H groups in total. The third-order valence-corrected chi connectivity index (χ3v) is 4.12. The Morgan fingerprint density at radius 1 is 1.17 bits per heavy atom. The Morgan fingerprint density at radius 2 is 1.91 bits per heavy atom. The molecule has 5 nitrogen and oxygen atoms in total. The molecule has 1 fully saturated rings. The molecule has 1 amide bonds. The molecule has 0 saturated carbocycles. The molecular formula is C18H22N4O. The maximum atomic E-state index is 12.5. The van der Waals surface area contributed by atoms with Gasteiger partial charge in [-0.3, -0.25) is 4.79 Å². The smallest absolute Gasteiger partial charge is 0.255 e. The topological polar surface area (TPSA) is 71.2 Å². The van der Waals surface area contributed by atoms with Crippen molar-refractivity contribution in [1.82, 2.24) is 10.3 Å². The standard InChI is InChI=1S/C18H22N4O/c19-15-7-5-14(6-8-15)9-11-21-18(23)16-4-3-10-20-17(16)22-12-1-2-13-22/h3-8,10H,1-2,9,11-13,19H2,(H,21,23). The molecule has 3 rings (SSSR count). The first kappa shape index (κ1) is 15.3. The summed E-state index contributed by atoms with van der Waals surface area (Å²) in [6.07, 6.45) is 4.85. The number of carbonyl (C=O) groups excluding carboxylic acids is 1. The zero-order chi connectivity index (χ0) is 16.1. The fourth-order valence-corrected chi connectivity index (χ4v) is 2.86. The van der Waals surface area contributed by atoms with Gasteiger partial charge >= 0.3 is 0 Å². The minimum atomic E-state index is -0.0598. The molecule has 1 aliphatic heterocycles. The number of carbonyl (C=O) groups is 1. The summed E-state index contributed by atoms with van der Waals surface area (Å²) in [5, 5.41) is 2.99. The largest absolute Gasteiger partial charge is 0.399 e. The van der Waals surface area contributed by atoms with Crippen molar-refractivity contribution in [2.75, 3.05) is 30.3 Å². The molecule has 0 bridgehead atoms. The molecule has 0 aliphatic carbocycles. The number of nitrogens with one attached hydrogen (secondary N) is 1. The van der Waals surface area contributed by atoms with Crippen LogP contribution in [0.15, 0.2) is 42.6 Å². The number of nitrogens with two attached hydrogens (primary N) is 1. The van der Waals surface area contributed by atoms with Gasteiger partial charge in [-0.15, -0.1) is 0 Å². The van der Waals surface area contributed by atoms with Crippen molar-refractivity contribution >= 4 is 17.4 Å². The molecule has 0 unspecified atom stereocenters. The number of amides is 1. The number of pyridine rings is 1. The van der Waals surface area contributed by atoms with E-state index in [1.165, 1.54) is 0 Å². The van der Waals surface area contributed by atoms with Gasteiger partial charge in [0, 0.05) is 31.5 Å². The van der Waals surface area contributed by atoms with Gasteiger partial charge in [0.1, 0.15) is 5.82 Å². The van der Waals surface area contributed by atoms with Crippen LogP contribution in [0.4, 0.5) is 11.5 Å². The molecule has 0 atom stereocenters. The summed E-state index contributed by atoms with van der Waals surface area (Å²) in [6, 6.07) is 11.4. The molecule has 0 radical (unpaired) electrons. The van der Waals surface area contributed by atoms with Gasteiger partial charge in [0.05, 0.1) is 5.56 Å². The number of rotatable bonds is 5. The second kappa shape index (κ2) is 7.13. The first-order chi connectivity index (χ1) is 11.2. The van der Waals surface area contributed by atoms with Crippen molar-refractivity contribution in [3.05, 3.63) is 53.7 Å². The predicted octanol–water partition coefficient (Wildman–Crippen LogP) is 2.24. The molecule has 120 valence electrons. The van der Waals surface area contributed by atoms with Crippen LogP contribution in [0.2, 0.25) is 0 Å². The van der Waals surface area contributed by atoms with Crippen molar-refractivity contribution in [3.63, 3.8) is 0 Å². The number of anilines is 2. The van der Waals surface area contributed by atoms with E-state index >= 15 is 0 Å². The highest BCUT2D eigenvalue weighted by Gasteiger charge is 2.20. The minimum Gasteiger partial charge on any atom is -0.399 e. The van der Waals surface area contributed by atoms with Gasteiger partial charge < -0.3 is 16.0 Å². The number of hydrogen-bond donors (Lipinski definition) is 2. The summed E-state index contributed by atoms with van der Waals surface area (Å²) in [5.41, 5.74) is 8.24. The van der Waals surface area contributed by atoms with Gasteiger partial charge in [-0.25, -0.2) is 4.98 Å². The third-order valence-electron chi connectivity index (χ3n) is 4.12. The zero-order valence-electron chi connectivity index (χ0n) is 13.2. The molecule has 1 aromatic heterocycles. The Bertz CT molecular complexity index is 663. The highest BCUT2D eigenvalue weighted by Crippen LogP contribution is 2.21. The van der Waals surface area contributed by atoms with E-state index < -0.39 is 0 Å². The van der Waals surface area contributed by atoms with Crippen LogP contribution in [0.25, 0.3) is 0 Å². The lowest BCUT2D eigenvalue weighted by atomic mass is 10.1. The van der Waals surface area contributed by atoms with Gasteiger partial charge in [0.25, 0.3) is 5.91 Å². The van der Waals surface area contributed by atoms with E-state index in [2.05, 4.69) is 15.2 Å². The fourth-order valence-electron chi connectivity index (χ4n) is 2.86. The Labute approximate surface area is 136 Å². The number of aromatic nitrogens is 1. The molecular weight excluding hydrogens is 288 g/mol. The lowest BCUT2D eigenvalue weighted by Gasteiger charge is -2.19. The van der Waals surface area contributed by atoms with Gasteiger partial charge in [-0.2, -0.15) is 0 Å². The molecule has 1 aliphatic rings. The van der Waals surface area contributed by atoms with E-state index in [0.717, 1.165) is 49.4 Å². The summed E-state index contributed by atoms with van der Waals surface area (Å²) in [5.74, 6) is 0.741. The second-order valence-corrected chi connectivity index (χ2v) is 5.82. The van der Waals surface area contributed by atoms with E-state index in [9.17, 15) is 4.79 Å². The SMILES string of the molecule is Nc1ccc(CCNC(=O)c2cccnc2N2CCCC2)cc1. The maximum Gasteiger partial charge on any atom is 0.255 e. The number of nitrogen functional groups attached to an aromatic ring is 1. The van der Waals surface area contributed by atoms with Crippen molar-refractivity contribution in [3.8, 4) is 0 Å². The minimum absolute atomic E-state index is 0.0598. The summed E-state index contributed by atoms with van der Waals surface area (Å²) in [6.45, 7) is 2.54. The lowest BCUT2D eigenvalue weighted by Crippen LogP contribution is -2.29. The predicted molar refractivity (Wildman–Crippen MR) is 92.6 cm³/mol. The fraction of sp³-hybridized carbons (Fsp3) is 0.333. The zero-order valence-corrected chi connectivity index (χ0v) is 13.2. The molecule has 0 spiro atoms. The van der Waals surface area contributed by atoms with Gasteiger partial charge in [0.2, 0.25) is 0 Å². The molecule has 2 aromatic rings. The second-order valence-electron chi connectivity index (χ2n) is 5.82. The van der Waals surface area contributed by atoms with Crippen LogP contribution in [-0.4, -0.2) is 30.5 Å². The Balaban J connectivity index is 1.61. The molecule has 23 heavy (non-hydrogen) atoms. The van der Waals surface area contributed by atoms with Crippen molar-refractivity contribution in [2.45, 2.75) is 19.3 Å². The quantitative estimate of drug-likeness (QED) is 0.831. The maximum absolute atomic E-state index is 12.5. The van der Waals surface area contributed by atoms with Crippen molar-refractivity contribution in [1.29, 1.82) is 0 Å². The van der Waals surface area contributed by atoms with Crippen LogP contribution < -0.4 is 16.0 Å². The third kappa shape index (κ3) is 3.80. The van der Waals surface area contributed by atoms with E-state index in [1.807, 2.05) is 36.4 Å². The number of nitrogens with zero attached hydrogens (tertiary/aromatic N) is 2. The monoisotopic (exact) mass is 310 g/mol. The van der Waals surface area contributed by atoms with Crippen LogP contribution in [0.3, 0.4) is 0 Å². The molecule has 1 aromatic carbocycles. The van der Waals surface area contributed by atoms with E-state index in [0.29, 0.717) is 12.1 Å². The first-order valence-corrected chi connectivity index (χ1v) is 8.06.